The van der Waals surface area contributed by atoms with Gasteiger partial charge in [-0.1, -0.05) is 231 Å². The first kappa shape index (κ1) is 67.3. The molecule has 0 unspecified atom stereocenters. The Morgan fingerprint density at radius 1 is 0.161 bits per heavy atom. The molecule has 14 aromatic carbocycles. The van der Waals surface area contributed by atoms with E-state index < -0.39 is 0 Å². The minimum Gasteiger partial charge on any atom is -0.255 e. The van der Waals surface area contributed by atoms with Crippen LogP contribution in [0.25, 0.3) is 251 Å². The lowest BCUT2D eigenvalue weighted by Gasteiger charge is -2.14. The van der Waals surface area contributed by atoms with Gasteiger partial charge in [-0.2, -0.15) is 0 Å². The minimum atomic E-state index is 0.750. The van der Waals surface area contributed by atoms with Crippen molar-refractivity contribution in [1.82, 2.24) is 39.9 Å². The van der Waals surface area contributed by atoms with Crippen LogP contribution in [-0.4, -0.2) is 39.9 Å². The summed E-state index contributed by atoms with van der Waals surface area (Å²) in [5.41, 5.74) is 22.7. The molecule has 24 aromatic rings. The van der Waals surface area contributed by atoms with E-state index in [0.29, 0.717) is 0 Å². The zero-order valence-corrected chi connectivity index (χ0v) is 64.8. The van der Waals surface area contributed by atoms with Crippen molar-refractivity contribution in [2.24, 2.45) is 0 Å². The van der Waals surface area contributed by atoms with E-state index in [-0.39, 0.29) is 0 Å². The SMILES string of the molecule is c1ccc(-c2cc(-c3cccc(-c4ccc5nc(-c6ccc7c8ccccc8c8cc(-c9cccc(-c%10cc(-c%11ccc(-c%12ccc%13c(c%12)nc(-c%12ccc%14c%15ccccc%15c%15ccccc%15c%14c%12)c%12sc%14ccccc%14c%12%13)cc%11)cc(-c%11ccccn%11)n%10)n9)ccc8c7c6)c6sc7ccccc7c6c5c4)c3)cc(-c3ccccn3)n2)nc1. The van der Waals surface area contributed by atoms with E-state index in [2.05, 4.69) is 313 Å². The lowest BCUT2D eigenvalue weighted by atomic mass is 9.91. The topological polar surface area (TPSA) is 103 Å². The number of thiophene rings is 2. The second-order valence-corrected chi connectivity index (χ2v) is 32.5. The van der Waals surface area contributed by atoms with Crippen molar-refractivity contribution in [3.8, 4) is 124 Å². The number of hydrogen-bond acceptors (Lipinski definition) is 10. The van der Waals surface area contributed by atoms with Crippen LogP contribution in [0.4, 0.5) is 0 Å². The van der Waals surface area contributed by atoms with E-state index in [1.165, 1.54) is 84.1 Å². The molecule has 10 aromatic heterocycles. The Morgan fingerprint density at radius 2 is 0.492 bits per heavy atom. The molecule has 24 rings (SSSR count). The summed E-state index contributed by atoms with van der Waals surface area (Å²) < 4.78 is 4.82. The molecule has 0 amide bonds. The van der Waals surface area contributed by atoms with E-state index in [4.69, 9.17) is 29.9 Å². The molecule has 546 valence electrons. The highest BCUT2D eigenvalue weighted by molar-refractivity contribution is 7.27. The lowest BCUT2D eigenvalue weighted by Crippen LogP contribution is -1.95. The summed E-state index contributed by atoms with van der Waals surface area (Å²) in [6, 6.07) is 129. The summed E-state index contributed by atoms with van der Waals surface area (Å²) in [4.78, 5) is 41.4. The first-order valence-corrected chi connectivity index (χ1v) is 41.3. The average molecular weight is 1540 g/mol. The molecule has 0 atom stereocenters. The Morgan fingerprint density at radius 3 is 1.02 bits per heavy atom. The molecule has 0 fully saturated rings. The molecule has 8 nitrogen and oxygen atoms in total. The fourth-order valence-electron chi connectivity index (χ4n) is 18.0. The van der Waals surface area contributed by atoms with Gasteiger partial charge in [-0.05, 0) is 237 Å². The van der Waals surface area contributed by atoms with Gasteiger partial charge < -0.3 is 0 Å². The standard InChI is InChI=1S/C108H62N8S2/c1-2-23-76-74(21-1)75-22-3-5-25-78(75)87-56-71(43-46-80(76)87)106-107-103(84-27-7-9-34-101(84)117-107)83-48-40-68(58-96(83)116-106)63-36-38-64(39-37-63)72-59-97(92-29-11-14-50-109-92)114-100(60-72)95-33-18-32-90(112-95)69-41-45-82-86(55-69)79-26-6-4-24-77(79)81-47-42-70(57-88(81)82)105-108-104(85-28-8-10-35-102(85)118-108)89-54-67(44-49-91(89)115-105)65-19-17-20-66(53-65)73-61-98(93-30-12-15-51-110-93)113-99(62-73)94-31-13-16-52-111-94/h1-62H. The molecule has 0 aliphatic rings. The summed E-state index contributed by atoms with van der Waals surface area (Å²) in [6.45, 7) is 0. The summed E-state index contributed by atoms with van der Waals surface area (Å²) in [6.07, 6.45) is 5.45. The van der Waals surface area contributed by atoms with Gasteiger partial charge in [0.1, 0.15) is 0 Å². The van der Waals surface area contributed by atoms with Gasteiger partial charge in [-0.15, -0.1) is 22.7 Å². The Balaban J connectivity index is 0.573. The van der Waals surface area contributed by atoms with E-state index >= 15 is 0 Å². The number of hydrogen-bond donors (Lipinski definition) is 0. The van der Waals surface area contributed by atoms with Crippen LogP contribution in [-0.2, 0) is 0 Å². The highest BCUT2D eigenvalue weighted by Gasteiger charge is 2.24. The van der Waals surface area contributed by atoms with Crippen molar-refractivity contribution in [2.75, 3.05) is 0 Å². The number of fused-ring (bicyclic) bond motifs is 22. The van der Waals surface area contributed by atoms with Crippen molar-refractivity contribution in [1.29, 1.82) is 0 Å². The molecule has 10 heterocycles. The Hall–Kier alpha value is -15.2. The van der Waals surface area contributed by atoms with Crippen LogP contribution in [0, 0.1) is 0 Å². The van der Waals surface area contributed by atoms with Crippen LogP contribution in [0.5, 0.6) is 0 Å². The normalized spacial score (nSPS) is 11.9. The molecule has 0 aliphatic carbocycles. The maximum atomic E-state index is 5.66. The molecule has 0 saturated heterocycles. The third kappa shape index (κ3) is 11.2. The van der Waals surface area contributed by atoms with Crippen molar-refractivity contribution in [3.63, 3.8) is 0 Å². The molecular formula is C108H62N8S2. The van der Waals surface area contributed by atoms with Gasteiger partial charge in [0, 0.05) is 77.0 Å². The molecule has 0 saturated carbocycles. The van der Waals surface area contributed by atoms with E-state index in [1.807, 2.05) is 95.9 Å². The first-order chi connectivity index (χ1) is 58.4. The second kappa shape index (κ2) is 27.3. The molecule has 0 radical (unpaired) electrons. The monoisotopic (exact) mass is 1530 g/mol. The average Bonchev–Trinajstić information content (AvgIpc) is 1.38. The highest BCUT2D eigenvalue weighted by atomic mass is 32.1. The largest absolute Gasteiger partial charge is 0.255 e. The highest BCUT2D eigenvalue weighted by Crippen LogP contribution is 2.49. The zero-order valence-electron chi connectivity index (χ0n) is 63.2. The van der Waals surface area contributed by atoms with Crippen LogP contribution in [0.3, 0.4) is 0 Å². The van der Waals surface area contributed by atoms with Crippen molar-refractivity contribution >= 4 is 149 Å². The molecule has 0 spiro atoms. The van der Waals surface area contributed by atoms with E-state index in [9.17, 15) is 0 Å². The van der Waals surface area contributed by atoms with Crippen molar-refractivity contribution < 1.29 is 0 Å². The Bertz CT molecular complexity index is 8220. The smallest absolute Gasteiger partial charge is 0.0900 e. The van der Waals surface area contributed by atoms with Gasteiger partial charge in [0.25, 0.3) is 0 Å². The van der Waals surface area contributed by atoms with Gasteiger partial charge in [0.2, 0.25) is 0 Å². The number of pyridine rings is 8. The summed E-state index contributed by atoms with van der Waals surface area (Å²) in [7, 11) is 0. The van der Waals surface area contributed by atoms with Gasteiger partial charge in [0.15, 0.2) is 0 Å². The van der Waals surface area contributed by atoms with Crippen LogP contribution in [0.15, 0.2) is 377 Å². The molecule has 10 heteroatoms. The molecular weight excluding hydrogens is 1470 g/mol. The molecule has 0 bridgehead atoms. The summed E-state index contributed by atoms with van der Waals surface area (Å²) in [5.74, 6) is 0. The Kier molecular flexibility index (Phi) is 15.6. The third-order valence-electron chi connectivity index (χ3n) is 23.6. The van der Waals surface area contributed by atoms with E-state index in [0.717, 1.165) is 166 Å². The molecule has 118 heavy (non-hydrogen) atoms. The van der Waals surface area contributed by atoms with Crippen LogP contribution >= 0.6 is 22.7 Å². The fraction of sp³-hybridized carbons (Fsp3) is 0. The van der Waals surface area contributed by atoms with Gasteiger partial charge in [-0.3, -0.25) is 15.0 Å². The van der Waals surface area contributed by atoms with Crippen LogP contribution in [0.1, 0.15) is 0 Å². The van der Waals surface area contributed by atoms with Crippen molar-refractivity contribution in [2.45, 2.75) is 0 Å². The van der Waals surface area contributed by atoms with Crippen LogP contribution in [0.2, 0.25) is 0 Å². The number of aromatic nitrogens is 8. The number of benzene rings is 14. The number of rotatable bonds is 11. The summed E-state index contributed by atoms with van der Waals surface area (Å²) in [5, 5.41) is 21.7. The van der Waals surface area contributed by atoms with Gasteiger partial charge in [0.05, 0.1) is 83.1 Å². The predicted octanol–water partition coefficient (Wildman–Crippen LogP) is 29.1. The summed E-state index contributed by atoms with van der Waals surface area (Å²) >= 11 is 3.64. The van der Waals surface area contributed by atoms with E-state index in [1.54, 1.807) is 0 Å². The van der Waals surface area contributed by atoms with Gasteiger partial charge in [-0.25, -0.2) is 24.9 Å². The maximum absolute atomic E-state index is 5.66. The van der Waals surface area contributed by atoms with Gasteiger partial charge >= 0.3 is 0 Å². The third-order valence-corrected chi connectivity index (χ3v) is 25.9. The van der Waals surface area contributed by atoms with Crippen LogP contribution < -0.4 is 0 Å². The fourth-order valence-corrected chi connectivity index (χ4v) is 20.4. The Labute approximate surface area is 684 Å². The maximum Gasteiger partial charge on any atom is 0.0900 e. The van der Waals surface area contributed by atoms with Crippen molar-refractivity contribution in [3.05, 3.63) is 377 Å². The molecule has 0 aliphatic heterocycles. The zero-order chi connectivity index (χ0) is 77.5. The minimum absolute atomic E-state index is 0.750. The predicted molar refractivity (Wildman–Crippen MR) is 494 cm³/mol. The quantitative estimate of drug-likeness (QED) is 0.118. The first-order valence-electron chi connectivity index (χ1n) is 39.6. The number of nitrogens with zero attached hydrogens (tertiary/aromatic N) is 8. The lowest BCUT2D eigenvalue weighted by molar-refractivity contribution is 1.22. The molecule has 0 N–H and O–H groups in total. The second-order valence-electron chi connectivity index (χ2n) is 30.4.